The fourth-order valence-corrected chi connectivity index (χ4v) is 5.35. The van der Waals surface area contributed by atoms with Crippen molar-refractivity contribution in [1.29, 1.82) is 0 Å². The predicted molar refractivity (Wildman–Crippen MR) is 115 cm³/mol. The minimum Gasteiger partial charge on any atom is -0.352 e. The molecule has 2 bridgehead atoms. The smallest absolute Gasteiger partial charge is 0.237 e. The first-order chi connectivity index (χ1) is 13.9. The summed E-state index contributed by atoms with van der Waals surface area (Å²) in [7, 11) is 0. The second kappa shape index (κ2) is 8.47. The normalized spacial score (nSPS) is 28.6. The maximum absolute atomic E-state index is 12.7. The first-order valence-corrected chi connectivity index (χ1v) is 11.4. The Bertz CT molecular complexity index is 743. The van der Waals surface area contributed by atoms with Crippen molar-refractivity contribution in [2.75, 3.05) is 5.32 Å². The second-order valence-corrected chi connectivity index (χ2v) is 9.63. The van der Waals surface area contributed by atoms with Crippen LogP contribution in [-0.4, -0.2) is 23.9 Å². The Hall–Kier alpha value is -1.88. The molecule has 2 amide bonds. The van der Waals surface area contributed by atoms with Gasteiger partial charge in [0.2, 0.25) is 11.8 Å². The highest BCUT2D eigenvalue weighted by atomic mass is 16.2. The molecule has 6 unspecified atom stereocenters. The minimum absolute atomic E-state index is 0.0572. The molecule has 4 rings (SSSR count). The maximum atomic E-state index is 12.7. The van der Waals surface area contributed by atoms with E-state index in [2.05, 4.69) is 29.8 Å². The number of anilines is 1. The first kappa shape index (κ1) is 20.4. The van der Waals surface area contributed by atoms with Gasteiger partial charge in [-0.15, -0.1) is 0 Å². The molecule has 1 aromatic carbocycles. The Labute approximate surface area is 174 Å². The van der Waals surface area contributed by atoms with Gasteiger partial charge in [0.05, 0.1) is 6.04 Å². The zero-order chi connectivity index (χ0) is 20.5. The fraction of sp³-hybridized carbons (Fsp3) is 0.667. The van der Waals surface area contributed by atoms with Gasteiger partial charge in [0.25, 0.3) is 0 Å². The largest absolute Gasteiger partial charge is 0.352 e. The molecule has 0 aromatic heterocycles. The van der Waals surface area contributed by atoms with Crippen molar-refractivity contribution in [2.24, 2.45) is 23.7 Å². The lowest BCUT2D eigenvalue weighted by molar-refractivity contribution is -0.124. The van der Waals surface area contributed by atoms with E-state index in [0.717, 1.165) is 35.9 Å². The van der Waals surface area contributed by atoms with Crippen molar-refractivity contribution >= 4 is 17.5 Å². The SMILES string of the molecule is CC(NC(C)c1ccc(NC(=O)C2CC2)cc1)C(=O)NC(C)C1CC2CCC1C2. The van der Waals surface area contributed by atoms with E-state index in [1.165, 1.54) is 25.7 Å². The van der Waals surface area contributed by atoms with Gasteiger partial charge in [-0.3, -0.25) is 14.9 Å². The summed E-state index contributed by atoms with van der Waals surface area (Å²) in [5.41, 5.74) is 1.94. The molecule has 0 spiro atoms. The van der Waals surface area contributed by atoms with Gasteiger partial charge in [-0.1, -0.05) is 18.6 Å². The number of carbonyl (C=O) groups is 2. The van der Waals surface area contributed by atoms with Crippen LogP contribution in [0.4, 0.5) is 5.69 Å². The molecule has 3 aliphatic carbocycles. The minimum atomic E-state index is -0.250. The quantitative estimate of drug-likeness (QED) is 0.621. The van der Waals surface area contributed by atoms with Crippen LogP contribution in [0.2, 0.25) is 0 Å². The topological polar surface area (TPSA) is 70.2 Å². The van der Waals surface area contributed by atoms with E-state index < -0.39 is 0 Å². The zero-order valence-corrected chi connectivity index (χ0v) is 17.9. The highest BCUT2D eigenvalue weighted by molar-refractivity contribution is 5.94. The molecular formula is C24H35N3O2. The van der Waals surface area contributed by atoms with Crippen LogP contribution >= 0.6 is 0 Å². The van der Waals surface area contributed by atoms with E-state index in [1.807, 2.05) is 31.2 Å². The third-order valence-electron chi connectivity index (χ3n) is 7.32. The molecule has 3 N–H and O–H groups in total. The summed E-state index contributed by atoms with van der Waals surface area (Å²) in [6, 6.07) is 7.98. The van der Waals surface area contributed by atoms with Crippen LogP contribution in [0.25, 0.3) is 0 Å². The van der Waals surface area contributed by atoms with Crippen LogP contribution in [-0.2, 0) is 9.59 Å². The van der Waals surface area contributed by atoms with Gasteiger partial charge in [-0.2, -0.15) is 0 Å². The molecule has 6 atom stereocenters. The number of hydrogen-bond acceptors (Lipinski definition) is 3. The van der Waals surface area contributed by atoms with Gasteiger partial charge in [-0.05, 0) is 88.3 Å². The van der Waals surface area contributed by atoms with Gasteiger partial charge in [0.15, 0.2) is 0 Å². The molecule has 0 heterocycles. The van der Waals surface area contributed by atoms with Crippen molar-refractivity contribution in [3.05, 3.63) is 29.8 Å². The second-order valence-electron chi connectivity index (χ2n) is 9.63. The summed E-state index contributed by atoms with van der Waals surface area (Å²) in [4.78, 5) is 24.6. The molecule has 1 aromatic rings. The number of carbonyl (C=O) groups excluding carboxylic acids is 2. The number of nitrogens with one attached hydrogen (secondary N) is 3. The number of rotatable bonds is 8. The molecule has 3 saturated carbocycles. The molecule has 3 aliphatic rings. The van der Waals surface area contributed by atoms with Crippen LogP contribution in [0, 0.1) is 23.7 Å². The molecule has 0 radical (unpaired) electrons. The Morgan fingerprint density at radius 2 is 1.69 bits per heavy atom. The van der Waals surface area contributed by atoms with E-state index in [4.69, 9.17) is 0 Å². The van der Waals surface area contributed by atoms with Gasteiger partial charge in [0, 0.05) is 23.7 Å². The lowest BCUT2D eigenvalue weighted by Crippen LogP contribution is -2.48. The van der Waals surface area contributed by atoms with E-state index in [1.54, 1.807) is 0 Å². The Morgan fingerprint density at radius 3 is 2.28 bits per heavy atom. The summed E-state index contributed by atoms with van der Waals surface area (Å²) in [6.07, 6.45) is 7.40. The maximum Gasteiger partial charge on any atom is 0.237 e. The number of benzene rings is 1. The monoisotopic (exact) mass is 397 g/mol. The van der Waals surface area contributed by atoms with Crippen molar-refractivity contribution in [3.63, 3.8) is 0 Å². The molecule has 5 nitrogen and oxygen atoms in total. The Kier molecular flexibility index (Phi) is 5.95. The standard InChI is InChI=1S/C24H35N3O2/c1-14(18-8-10-21(11-9-18)27-24(29)19-6-7-19)25-16(3)23(28)26-15(2)22-13-17-4-5-20(22)12-17/h8-11,14-17,19-20,22,25H,4-7,12-13H2,1-3H3,(H,26,28)(H,27,29). The number of fused-ring (bicyclic) bond motifs is 2. The highest BCUT2D eigenvalue weighted by Crippen LogP contribution is 2.49. The van der Waals surface area contributed by atoms with Gasteiger partial charge < -0.3 is 10.6 Å². The van der Waals surface area contributed by atoms with Crippen molar-refractivity contribution < 1.29 is 9.59 Å². The third-order valence-corrected chi connectivity index (χ3v) is 7.32. The van der Waals surface area contributed by atoms with Gasteiger partial charge in [-0.25, -0.2) is 0 Å². The molecular weight excluding hydrogens is 362 g/mol. The number of amides is 2. The third kappa shape index (κ3) is 4.82. The molecule has 0 saturated heterocycles. The molecule has 5 heteroatoms. The molecule has 0 aliphatic heterocycles. The van der Waals surface area contributed by atoms with E-state index in [0.29, 0.717) is 5.92 Å². The van der Waals surface area contributed by atoms with Crippen molar-refractivity contribution in [1.82, 2.24) is 10.6 Å². The van der Waals surface area contributed by atoms with Crippen LogP contribution in [0.3, 0.4) is 0 Å². The van der Waals surface area contributed by atoms with Crippen molar-refractivity contribution in [3.8, 4) is 0 Å². The molecule has 158 valence electrons. The first-order valence-electron chi connectivity index (χ1n) is 11.4. The average Bonchev–Trinajstić information content (AvgIpc) is 3.35. The van der Waals surface area contributed by atoms with E-state index in [9.17, 15) is 9.59 Å². The Balaban J connectivity index is 1.25. The van der Waals surface area contributed by atoms with Crippen LogP contribution in [0.1, 0.15) is 70.9 Å². The van der Waals surface area contributed by atoms with Gasteiger partial charge in [0.1, 0.15) is 0 Å². The summed E-state index contributed by atoms with van der Waals surface area (Å²) in [5, 5.41) is 9.64. The lowest BCUT2D eigenvalue weighted by atomic mass is 9.84. The van der Waals surface area contributed by atoms with E-state index >= 15 is 0 Å². The fourth-order valence-electron chi connectivity index (χ4n) is 5.35. The summed E-state index contributed by atoms with van der Waals surface area (Å²) in [6.45, 7) is 6.18. The van der Waals surface area contributed by atoms with Crippen LogP contribution in [0.15, 0.2) is 24.3 Å². The lowest BCUT2D eigenvalue weighted by Gasteiger charge is -2.30. The molecule has 29 heavy (non-hydrogen) atoms. The van der Waals surface area contributed by atoms with Crippen molar-refractivity contribution in [2.45, 2.75) is 77.4 Å². The van der Waals surface area contributed by atoms with E-state index in [-0.39, 0.29) is 35.9 Å². The Morgan fingerprint density at radius 1 is 0.966 bits per heavy atom. The van der Waals surface area contributed by atoms with Crippen LogP contribution < -0.4 is 16.0 Å². The zero-order valence-electron chi connectivity index (χ0n) is 17.9. The number of hydrogen-bond donors (Lipinski definition) is 3. The predicted octanol–water partition coefficient (Wildman–Crippen LogP) is 4.02. The summed E-state index contributed by atoms with van der Waals surface area (Å²) in [5.74, 6) is 2.78. The van der Waals surface area contributed by atoms with Crippen LogP contribution in [0.5, 0.6) is 0 Å². The van der Waals surface area contributed by atoms with Gasteiger partial charge >= 0.3 is 0 Å². The molecule has 3 fully saturated rings. The highest BCUT2D eigenvalue weighted by Gasteiger charge is 2.42. The summed E-state index contributed by atoms with van der Waals surface area (Å²) >= 11 is 0. The average molecular weight is 398 g/mol. The summed E-state index contributed by atoms with van der Waals surface area (Å²) < 4.78 is 0.